The summed E-state index contributed by atoms with van der Waals surface area (Å²) in [5.41, 5.74) is 0. The molecule has 0 heterocycles. The van der Waals surface area contributed by atoms with Crippen LogP contribution in [-0.2, 0) is 4.79 Å². The zero-order valence-electron chi connectivity index (χ0n) is 6.90. The Kier molecular flexibility index (Phi) is 2.63. The zero-order valence-corrected chi connectivity index (χ0v) is 6.90. The van der Waals surface area contributed by atoms with Gasteiger partial charge in [-0.05, 0) is 24.8 Å². The molecule has 0 aromatic carbocycles. The van der Waals surface area contributed by atoms with Crippen molar-refractivity contribution in [2.75, 3.05) is 0 Å². The van der Waals surface area contributed by atoms with Crippen LogP contribution in [-0.4, -0.2) is 18.1 Å². The van der Waals surface area contributed by atoms with Gasteiger partial charge in [-0.1, -0.05) is 6.58 Å². The maximum Gasteiger partial charge on any atom is 0.408 e. The molecule has 1 N–H and O–H groups in total. The molecule has 1 fully saturated rings. The van der Waals surface area contributed by atoms with Crippen LogP contribution >= 0.6 is 0 Å². The normalized spacial score (nSPS) is 19.3. The van der Waals surface area contributed by atoms with E-state index in [-0.39, 0.29) is 0 Å². The van der Waals surface area contributed by atoms with E-state index in [0.717, 1.165) is 6.08 Å². The SMILES string of the molecule is C=CC(=O)N[C@H](C1CC1)C(F)(F)F. The van der Waals surface area contributed by atoms with Crippen LogP contribution in [0.5, 0.6) is 0 Å². The van der Waals surface area contributed by atoms with Gasteiger partial charge < -0.3 is 5.32 Å². The van der Waals surface area contributed by atoms with E-state index in [2.05, 4.69) is 6.58 Å². The lowest BCUT2D eigenvalue weighted by Gasteiger charge is -2.20. The molecule has 0 aromatic heterocycles. The Labute approximate surface area is 73.8 Å². The van der Waals surface area contributed by atoms with Crippen LogP contribution < -0.4 is 5.32 Å². The van der Waals surface area contributed by atoms with Crippen molar-refractivity contribution in [3.05, 3.63) is 12.7 Å². The molecule has 0 unspecified atom stereocenters. The van der Waals surface area contributed by atoms with E-state index in [4.69, 9.17) is 0 Å². The van der Waals surface area contributed by atoms with Crippen LogP contribution in [0, 0.1) is 5.92 Å². The highest BCUT2D eigenvalue weighted by atomic mass is 19.4. The summed E-state index contributed by atoms with van der Waals surface area (Å²) in [5, 5.41) is 1.89. The fraction of sp³-hybridized carbons (Fsp3) is 0.625. The predicted molar refractivity (Wildman–Crippen MR) is 40.9 cm³/mol. The molecule has 1 atom stereocenters. The van der Waals surface area contributed by atoms with Crippen LogP contribution in [0.15, 0.2) is 12.7 Å². The Hall–Kier alpha value is -1.00. The predicted octanol–water partition coefficient (Wildman–Crippen LogP) is 1.63. The third-order valence-electron chi connectivity index (χ3n) is 1.93. The fourth-order valence-corrected chi connectivity index (χ4v) is 1.11. The standard InChI is InChI=1S/C8H10F3NO/c1-2-6(13)12-7(5-3-4-5)8(9,10)11/h2,5,7H,1,3-4H2,(H,12,13)/t7-/m1/s1. The van der Waals surface area contributed by atoms with Crippen molar-refractivity contribution in [1.82, 2.24) is 5.32 Å². The Morgan fingerprint density at radius 3 is 2.38 bits per heavy atom. The van der Waals surface area contributed by atoms with Crippen LogP contribution in [0.4, 0.5) is 13.2 Å². The maximum absolute atomic E-state index is 12.3. The number of alkyl halides is 3. The smallest absolute Gasteiger partial charge is 0.341 e. The molecule has 0 aromatic rings. The molecule has 1 aliphatic rings. The lowest BCUT2D eigenvalue weighted by molar-refractivity contribution is -0.164. The first kappa shape index (κ1) is 10.1. The summed E-state index contributed by atoms with van der Waals surface area (Å²) >= 11 is 0. The number of carbonyl (C=O) groups is 1. The molecule has 1 rings (SSSR count). The number of hydrogen-bond acceptors (Lipinski definition) is 1. The van der Waals surface area contributed by atoms with Crippen molar-refractivity contribution in [2.45, 2.75) is 25.1 Å². The van der Waals surface area contributed by atoms with E-state index in [1.165, 1.54) is 0 Å². The number of nitrogens with one attached hydrogen (secondary N) is 1. The summed E-state index contributed by atoms with van der Waals surface area (Å²) in [4.78, 5) is 10.7. The third-order valence-corrected chi connectivity index (χ3v) is 1.93. The maximum atomic E-state index is 12.3. The van der Waals surface area contributed by atoms with Gasteiger partial charge in [0, 0.05) is 0 Å². The molecular formula is C8H10F3NO. The van der Waals surface area contributed by atoms with Gasteiger partial charge in [-0.25, -0.2) is 0 Å². The van der Waals surface area contributed by atoms with Crippen LogP contribution in [0.3, 0.4) is 0 Å². The first-order chi connectivity index (χ1) is 5.95. The Morgan fingerprint density at radius 2 is 2.08 bits per heavy atom. The summed E-state index contributed by atoms with van der Waals surface area (Å²) in [7, 11) is 0. The van der Waals surface area contributed by atoms with Gasteiger partial charge in [0.05, 0.1) is 0 Å². The molecule has 0 radical (unpaired) electrons. The molecule has 0 spiro atoms. The number of amides is 1. The molecule has 0 aliphatic heterocycles. The molecule has 5 heteroatoms. The van der Waals surface area contributed by atoms with E-state index in [1.807, 2.05) is 5.32 Å². The summed E-state index contributed by atoms with van der Waals surface area (Å²) in [6.07, 6.45) is -2.44. The minimum absolute atomic E-state index is 0.441. The van der Waals surface area contributed by atoms with Gasteiger partial charge in [0.2, 0.25) is 5.91 Å². The van der Waals surface area contributed by atoms with Crippen molar-refractivity contribution in [3.8, 4) is 0 Å². The molecular weight excluding hydrogens is 183 g/mol. The summed E-state index contributed by atoms with van der Waals surface area (Å²) in [5.74, 6) is -1.21. The lowest BCUT2D eigenvalue weighted by Crippen LogP contribution is -2.46. The van der Waals surface area contributed by atoms with Gasteiger partial charge in [-0.15, -0.1) is 0 Å². The number of hydrogen-bond donors (Lipinski definition) is 1. The minimum Gasteiger partial charge on any atom is -0.341 e. The topological polar surface area (TPSA) is 29.1 Å². The Balaban J connectivity index is 2.57. The average Bonchev–Trinajstić information content (AvgIpc) is 2.80. The van der Waals surface area contributed by atoms with Crippen LogP contribution in [0.25, 0.3) is 0 Å². The highest BCUT2D eigenvalue weighted by Gasteiger charge is 2.49. The van der Waals surface area contributed by atoms with Gasteiger partial charge in [-0.2, -0.15) is 13.2 Å². The van der Waals surface area contributed by atoms with Gasteiger partial charge in [0.15, 0.2) is 0 Å². The van der Waals surface area contributed by atoms with E-state index in [9.17, 15) is 18.0 Å². The largest absolute Gasteiger partial charge is 0.408 e. The van der Waals surface area contributed by atoms with Gasteiger partial charge in [0.25, 0.3) is 0 Å². The second-order valence-corrected chi connectivity index (χ2v) is 3.07. The second kappa shape index (κ2) is 3.40. The summed E-state index contributed by atoms with van der Waals surface area (Å²) in [6.45, 7) is 3.10. The minimum atomic E-state index is -4.35. The molecule has 74 valence electrons. The fourth-order valence-electron chi connectivity index (χ4n) is 1.11. The van der Waals surface area contributed by atoms with E-state index in [0.29, 0.717) is 12.8 Å². The van der Waals surface area contributed by atoms with Gasteiger partial charge in [-0.3, -0.25) is 4.79 Å². The zero-order chi connectivity index (χ0) is 10.1. The second-order valence-electron chi connectivity index (χ2n) is 3.07. The Morgan fingerprint density at radius 1 is 1.54 bits per heavy atom. The van der Waals surface area contributed by atoms with Crippen LogP contribution in [0.2, 0.25) is 0 Å². The van der Waals surface area contributed by atoms with E-state index >= 15 is 0 Å². The van der Waals surface area contributed by atoms with Crippen molar-refractivity contribution in [2.24, 2.45) is 5.92 Å². The molecule has 1 amide bonds. The Bertz CT molecular complexity index is 220. The third kappa shape index (κ3) is 2.75. The quantitative estimate of drug-likeness (QED) is 0.678. The summed E-state index contributed by atoms with van der Waals surface area (Å²) < 4.78 is 36.8. The van der Waals surface area contributed by atoms with Gasteiger partial charge in [0.1, 0.15) is 6.04 Å². The van der Waals surface area contributed by atoms with E-state index in [1.54, 1.807) is 0 Å². The van der Waals surface area contributed by atoms with E-state index < -0.39 is 24.0 Å². The highest BCUT2D eigenvalue weighted by molar-refractivity contribution is 5.87. The molecule has 1 aliphatic carbocycles. The highest BCUT2D eigenvalue weighted by Crippen LogP contribution is 2.39. The monoisotopic (exact) mass is 193 g/mol. The molecule has 2 nitrogen and oxygen atoms in total. The lowest BCUT2D eigenvalue weighted by atomic mass is 10.2. The number of rotatable bonds is 3. The first-order valence-corrected chi connectivity index (χ1v) is 3.95. The number of carbonyl (C=O) groups excluding carboxylic acids is 1. The van der Waals surface area contributed by atoms with Crippen molar-refractivity contribution in [1.29, 1.82) is 0 Å². The number of halogens is 3. The van der Waals surface area contributed by atoms with Crippen molar-refractivity contribution in [3.63, 3.8) is 0 Å². The van der Waals surface area contributed by atoms with Crippen LogP contribution in [0.1, 0.15) is 12.8 Å². The average molecular weight is 193 g/mol. The molecule has 0 saturated heterocycles. The van der Waals surface area contributed by atoms with Gasteiger partial charge >= 0.3 is 6.18 Å². The molecule has 1 saturated carbocycles. The van der Waals surface area contributed by atoms with Crippen molar-refractivity contribution >= 4 is 5.91 Å². The van der Waals surface area contributed by atoms with Crippen molar-refractivity contribution < 1.29 is 18.0 Å². The molecule has 13 heavy (non-hydrogen) atoms. The first-order valence-electron chi connectivity index (χ1n) is 3.95. The summed E-state index contributed by atoms with van der Waals surface area (Å²) in [6, 6.07) is -1.70. The molecule has 0 bridgehead atoms.